The fourth-order valence-corrected chi connectivity index (χ4v) is 4.92. The lowest BCUT2D eigenvalue weighted by Gasteiger charge is -2.26. The van der Waals surface area contributed by atoms with Crippen LogP contribution in [0.4, 0.5) is 11.4 Å². The number of ether oxygens (including phenoxy) is 1. The lowest BCUT2D eigenvalue weighted by Crippen LogP contribution is -2.37. The molecule has 0 saturated carbocycles. The average molecular weight is 490 g/mol. The van der Waals surface area contributed by atoms with Gasteiger partial charge in [0.1, 0.15) is 0 Å². The maximum Gasteiger partial charge on any atom is 0.0900 e. The zero-order valence-corrected chi connectivity index (χ0v) is 20.9. The molecule has 0 radical (unpaired) electrons. The van der Waals surface area contributed by atoms with Crippen molar-refractivity contribution in [3.8, 4) is 17.1 Å². The zero-order valence-electron chi connectivity index (χ0n) is 20.9. The Labute approximate surface area is 217 Å². The monoisotopic (exact) mass is 489 g/mol. The molecule has 6 heteroatoms. The number of benzene rings is 4. The summed E-state index contributed by atoms with van der Waals surface area (Å²) in [6, 6.07) is 33.4. The van der Waals surface area contributed by atoms with Crippen LogP contribution >= 0.6 is 0 Å². The molecule has 1 aliphatic carbocycles. The van der Waals surface area contributed by atoms with Gasteiger partial charge in [0, 0.05) is 37.6 Å². The largest absolute Gasteiger partial charge is 0.379 e. The van der Waals surface area contributed by atoms with Crippen molar-refractivity contribution in [2.75, 3.05) is 44.7 Å². The Morgan fingerprint density at radius 3 is 2.38 bits per heavy atom. The van der Waals surface area contributed by atoms with Gasteiger partial charge in [-0.05, 0) is 55.0 Å². The van der Waals surface area contributed by atoms with Gasteiger partial charge in [-0.1, -0.05) is 48.5 Å². The van der Waals surface area contributed by atoms with E-state index in [0.717, 1.165) is 90.7 Å². The molecule has 37 heavy (non-hydrogen) atoms. The lowest BCUT2D eigenvalue weighted by molar-refractivity contribution is 0.0377. The highest BCUT2D eigenvalue weighted by molar-refractivity contribution is 5.84. The number of hydrogen-bond donors (Lipinski definition) is 1. The molecule has 1 saturated heterocycles. The number of anilines is 2. The molecule has 3 aliphatic rings. The second kappa shape index (κ2) is 10.9. The van der Waals surface area contributed by atoms with Crippen LogP contribution in [-0.4, -0.2) is 53.8 Å². The minimum absolute atomic E-state index is 0.763. The molecule has 0 amide bonds. The van der Waals surface area contributed by atoms with Crippen molar-refractivity contribution in [1.29, 1.82) is 0 Å². The Bertz CT molecular complexity index is 1510. The fraction of sp³-hybridized carbons (Fsp3) is 0.226. The van der Waals surface area contributed by atoms with E-state index in [1.54, 1.807) is 0 Å². The van der Waals surface area contributed by atoms with Crippen LogP contribution in [0, 0.1) is 0 Å². The third-order valence-electron chi connectivity index (χ3n) is 6.78. The van der Waals surface area contributed by atoms with Crippen LogP contribution in [0.25, 0.3) is 28.1 Å². The van der Waals surface area contributed by atoms with E-state index in [0.29, 0.717) is 0 Å². The second-order valence-corrected chi connectivity index (χ2v) is 9.31. The number of nitrogens with zero attached hydrogens (tertiary/aromatic N) is 4. The van der Waals surface area contributed by atoms with Gasteiger partial charge in [-0.15, -0.1) is 0 Å². The van der Waals surface area contributed by atoms with Gasteiger partial charge in [0.25, 0.3) is 0 Å². The number of aromatic nitrogens is 2. The molecule has 0 atom stereocenters. The highest BCUT2D eigenvalue weighted by atomic mass is 16.5. The number of morpholine rings is 1. The van der Waals surface area contributed by atoms with Gasteiger partial charge >= 0.3 is 0 Å². The molecule has 0 spiro atoms. The summed E-state index contributed by atoms with van der Waals surface area (Å²) in [6.07, 6.45) is 1.01. The Balaban J connectivity index is 1.46. The van der Waals surface area contributed by atoms with Crippen molar-refractivity contribution < 1.29 is 4.74 Å². The van der Waals surface area contributed by atoms with Gasteiger partial charge in [-0.25, -0.2) is 4.98 Å². The van der Waals surface area contributed by atoms with Gasteiger partial charge < -0.3 is 14.6 Å². The highest BCUT2D eigenvalue weighted by Crippen LogP contribution is 2.30. The number of nitrogens with one attached hydrogen (secondary N) is 1. The van der Waals surface area contributed by atoms with Gasteiger partial charge in [0.05, 0.1) is 46.7 Å². The van der Waals surface area contributed by atoms with Gasteiger partial charge in [0.2, 0.25) is 0 Å². The molecule has 0 aromatic heterocycles. The first-order chi connectivity index (χ1) is 18.3. The number of hydrogen-bond acceptors (Lipinski definition) is 5. The van der Waals surface area contributed by atoms with Crippen LogP contribution in [-0.2, 0) is 4.74 Å². The van der Waals surface area contributed by atoms with Crippen LogP contribution in [0.2, 0.25) is 0 Å². The van der Waals surface area contributed by atoms with Crippen LogP contribution < -0.4 is 10.7 Å². The maximum absolute atomic E-state index is 5.49. The summed E-state index contributed by atoms with van der Waals surface area (Å²) in [4.78, 5) is 12.6. The summed E-state index contributed by atoms with van der Waals surface area (Å²) < 4.78 is 7.77. The predicted molar refractivity (Wildman–Crippen MR) is 150 cm³/mol. The third kappa shape index (κ3) is 5.26. The predicted octanol–water partition coefficient (Wildman–Crippen LogP) is 5.50. The molecule has 6 nitrogen and oxygen atoms in total. The molecule has 3 aromatic carbocycles. The summed E-state index contributed by atoms with van der Waals surface area (Å²) in [6.45, 7) is 5.47. The van der Waals surface area contributed by atoms with Crippen LogP contribution in [0.1, 0.15) is 6.42 Å². The summed E-state index contributed by atoms with van der Waals surface area (Å²) in [7, 11) is 0. The van der Waals surface area contributed by atoms with E-state index < -0.39 is 0 Å². The average Bonchev–Trinajstić information content (AvgIpc) is 2.96. The molecular weight excluding hydrogens is 458 g/mol. The van der Waals surface area contributed by atoms with Gasteiger partial charge in [-0.3, -0.25) is 9.89 Å². The Morgan fingerprint density at radius 2 is 1.57 bits per heavy atom. The van der Waals surface area contributed by atoms with Crippen LogP contribution in [0.15, 0.2) is 102 Å². The third-order valence-corrected chi connectivity index (χ3v) is 6.78. The van der Waals surface area contributed by atoms with Crippen molar-refractivity contribution in [2.45, 2.75) is 6.42 Å². The first-order valence-electron chi connectivity index (χ1n) is 13.0. The van der Waals surface area contributed by atoms with E-state index in [2.05, 4.69) is 81.5 Å². The molecule has 1 fully saturated rings. The zero-order chi connectivity index (χ0) is 24.9. The summed E-state index contributed by atoms with van der Waals surface area (Å²) >= 11 is 0. The van der Waals surface area contributed by atoms with Crippen molar-refractivity contribution in [1.82, 2.24) is 14.5 Å². The van der Waals surface area contributed by atoms with Crippen molar-refractivity contribution in [3.05, 3.63) is 102 Å². The quantitative estimate of drug-likeness (QED) is 0.242. The number of fused-ring (bicyclic) bond motifs is 2. The van der Waals surface area contributed by atoms with E-state index in [1.807, 2.05) is 30.3 Å². The van der Waals surface area contributed by atoms with E-state index in [-0.39, 0.29) is 0 Å². The lowest BCUT2D eigenvalue weighted by atomic mass is 10.1. The van der Waals surface area contributed by atoms with E-state index in [4.69, 9.17) is 14.7 Å². The van der Waals surface area contributed by atoms with Crippen LogP contribution in [0.5, 0.6) is 0 Å². The smallest absolute Gasteiger partial charge is 0.0900 e. The Morgan fingerprint density at radius 1 is 0.838 bits per heavy atom. The molecule has 1 N–H and O–H groups in total. The summed E-state index contributed by atoms with van der Waals surface area (Å²) in [5.74, 6) is 0. The van der Waals surface area contributed by atoms with E-state index in [9.17, 15) is 0 Å². The minimum atomic E-state index is 0.763. The summed E-state index contributed by atoms with van der Waals surface area (Å²) in [5, 5.41) is 4.54. The van der Waals surface area contributed by atoms with Crippen molar-refractivity contribution in [3.63, 3.8) is 0 Å². The van der Waals surface area contributed by atoms with Crippen molar-refractivity contribution in [2.24, 2.45) is 4.99 Å². The molecule has 6 rings (SSSR count). The highest BCUT2D eigenvalue weighted by Gasteiger charge is 2.16. The minimum Gasteiger partial charge on any atom is -0.379 e. The van der Waals surface area contributed by atoms with Gasteiger partial charge in [0.15, 0.2) is 0 Å². The molecule has 3 aromatic rings. The first kappa shape index (κ1) is 23.4. The first-order valence-corrected chi connectivity index (χ1v) is 13.0. The number of para-hydroxylation sites is 4. The normalized spacial score (nSPS) is 14.9. The Kier molecular flexibility index (Phi) is 6.92. The topological polar surface area (TPSA) is 54.7 Å². The maximum atomic E-state index is 5.49. The van der Waals surface area contributed by atoms with E-state index in [1.165, 1.54) is 0 Å². The molecule has 0 unspecified atom stereocenters. The fourth-order valence-electron chi connectivity index (χ4n) is 4.92. The molecule has 2 aliphatic heterocycles. The van der Waals surface area contributed by atoms with E-state index >= 15 is 0 Å². The second-order valence-electron chi connectivity index (χ2n) is 9.31. The summed E-state index contributed by atoms with van der Waals surface area (Å²) in [5.41, 5.74) is 7.09. The standard InChI is InChI=1S/C31H31N5O/c1-3-10-24(11-4-1)33-28-22-29-31(23-27(28)32-16-9-17-35-18-20-37-21-19-35)36(25-12-5-2-6-13-25)30-15-8-7-14-26(30)34-29/h1-8,10-15,22-23,33H,9,16-21H2. The number of rotatable bonds is 7. The van der Waals surface area contributed by atoms with Crippen molar-refractivity contribution >= 4 is 22.4 Å². The molecule has 0 bridgehead atoms. The Hall–Kier alpha value is -4.00. The SMILES string of the molecule is c1ccc(Nc2cc3nc4ccccc4n(-c4ccccc4)c-3cc2=NCCCN2CCOCC2)cc1. The van der Waals surface area contributed by atoms with Crippen LogP contribution in [0.3, 0.4) is 0 Å². The molecule has 2 heterocycles. The molecular formula is C31H31N5O. The van der Waals surface area contributed by atoms with Gasteiger partial charge in [-0.2, -0.15) is 0 Å². The molecule has 186 valence electrons.